The van der Waals surface area contributed by atoms with Crippen LogP contribution >= 0.6 is 11.6 Å². The molecule has 0 spiro atoms. The zero-order valence-corrected chi connectivity index (χ0v) is 21.4. The highest BCUT2D eigenvalue weighted by Crippen LogP contribution is 2.22. The lowest BCUT2D eigenvalue weighted by atomic mass is 10.1. The third kappa shape index (κ3) is 8.36. The topological polar surface area (TPSA) is 118 Å². The molecule has 0 aliphatic rings. The monoisotopic (exact) mass is 522 g/mol. The van der Waals surface area contributed by atoms with Crippen molar-refractivity contribution in [1.82, 2.24) is 10.7 Å². The van der Waals surface area contributed by atoms with Crippen LogP contribution in [0.3, 0.4) is 0 Å². The predicted octanol–water partition coefficient (Wildman–Crippen LogP) is 3.75. The quantitative estimate of drug-likeness (QED) is 0.225. The van der Waals surface area contributed by atoms with E-state index in [-0.39, 0.29) is 19.1 Å². The fraction of sp³-hybridized carbons (Fsp3) is 0.185. The van der Waals surface area contributed by atoms with Gasteiger partial charge in [0.25, 0.3) is 5.91 Å². The molecule has 9 nitrogen and oxygen atoms in total. The minimum absolute atomic E-state index is 0.163. The Morgan fingerprint density at radius 2 is 1.73 bits per heavy atom. The zero-order chi connectivity index (χ0) is 26.8. The summed E-state index contributed by atoms with van der Waals surface area (Å²) in [7, 11) is 1.56. The number of aryl methyl sites for hydroxylation is 2. The van der Waals surface area contributed by atoms with Gasteiger partial charge in [0.1, 0.15) is 11.5 Å². The Morgan fingerprint density at radius 1 is 0.973 bits per heavy atom. The van der Waals surface area contributed by atoms with E-state index in [4.69, 9.17) is 21.1 Å². The third-order valence-corrected chi connectivity index (χ3v) is 5.42. The summed E-state index contributed by atoms with van der Waals surface area (Å²) in [5.41, 5.74) is 6.03. The van der Waals surface area contributed by atoms with Gasteiger partial charge in [-0.05, 0) is 66.9 Å². The van der Waals surface area contributed by atoms with Gasteiger partial charge in [0.15, 0.2) is 6.61 Å². The molecule has 0 heterocycles. The molecular weight excluding hydrogens is 496 g/mol. The molecule has 0 atom stereocenters. The van der Waals surface area contributed by atoms with E-state index >= 15 is 0 Å². The first-order valence-corrected chi connectivity index (χ1v) is 11.7. The summed E-state index contributed by atoms with van der Waals surface area (Å²) >= 11 is 6.07. The number of anilines is 1. The first kappa shape index (κ1) is 27.2. The number of halogens is 1. The Labute approximate surface area is 219 Å². The van der Waals surface area contributed by atoms with Crippen molar-refractivity contribution in [3.8, 4) is 11.5 Å². The van der Waals surface area contributed by atoms with Crippen molar-refractivity contribution < 1.29 is 23.9 Å². The van der Waals surface area contributed by atoms with Gasteiger partial charge in [-0.25, -0.2) is 5.43 Å². The maximum atomic E-state index is 12.4. The lowest BCUT2D eigenvalue weighted by Crippen LogP contribution is -2.37. The molecule has 3 amide bonds. The van der Waals surface area contributed by atoms with Gasteiger partial charge in [-0.2, -0.15) is 5.10 Å². The Kier molecular flexibility index (Phi) is 9.62. The molecule has 0 radical (unpaired) electrons. The highest BCUT2D eigenvalue weighted by molar-refractivity contribution is 6.35. The van der Waals surface area contributed by atoms with Crippen molar-refractivity contribution in [1.29, 1.82) is 0 Å². The van der Waals surface area contributed by atoms with Crippen LogP contribution in [0.4, 0.5) is 5.69 Å². The Hall–Kier alpha value is -4.37. The van der Waals surface area contributed by atoms with Gasteiger partial charge in [-0.15, -0.1) is 0 Å². The Bertz CT molecular complexity index is 1310. The van der Waals surface area contributed by atoms with Gasteiger partial charge in [-0.3, -0.25) is 14.4 Å². The molecule has 3 aromatic rings. The molecule has 192 valence electrons. The SMILES string of the molecule is COc1ccc(CNC(=O)C(=O)N/N=C\c2cc(Cl)ccc2OCC(=O)Nc2cc(C)ccc2C)cc1. The molecule has 0 aromatic heterocycles. The van der Waals surface area contributed by atoms with E-state index in [0.717, 1.165) is 16.7 Å². The van der Waals surface area contributed by atoms with Crippen LogP contribution < -0.4 is 25.5 Å². The van der Waals surface area contributed by atoms with Gasteiger partial charge in [0.2, 0.25) is 0 Å². The van der Waals surface area contributed by atoms with Gasteiger partial charge in [-0.1, -0.05) is 35.9 Å². The average Bonchev–Trinajstić information content (AvgIpc) is 2.89. The van der Waals surface area contributed by atoms with Gasteiger partial charge < -0.3 is 20.1 Å². The van der Waals surface area contributed by atoms with Crippen LogP contribution in [0.15, 0.2) is 65.8 Å². The molecule has 0 saturated carbocycles. The standard InChI is InChI=1S/C27H27ClN4O5/c1-17-4-5-18(2)23(12-17)31-25(33)16-37-24-11-8-21(28)13-20(24)15-30-32-27(35)26(34)29-14-19-6-9-22(36-3)10-7-19/h4-13,15H,14,16H2,1-3H3,(H,29,34)(H,31,33)(H,32,35)/b30-15-. The molecule has 3 aromatic carbocycles. The van der Waals surface area contributed by atoms with Crippen LogP contribution in [0.2, 0.25) is 5.02 Å². The number of ether oxygens (including phenoxy) is 2. The molecule has 0 aliphatic carbocycles. The Morgan fingerprint density at radius 3 is 2.46 bits per heavy atom. The number of amides is 3. The average molecular weight is 523 g/mol. The Balaban J connectivity index is 1.54. The second-order valence-electron chi connectivity index (χ2n) is 8.07. The lowest BCUT2D eigenvalue weighted by molar-refractivity contribution is -0.139. The number of hydrogen-bond donors (Lipinski definition) is 3. The van der Waals surface area contributed by atoms with Gasteiger partial charge >= 0.3 is 11.8 Å². The van der Waals surface area contributed by atoms with Crippen LogP contribution in [-0.4, -0.2) is 37.7 Å². The first-order chi connectivity index (χ1) is 17.7. The lowest BCUT2D eigenvalue weighted by Gasteiger charge is -2.12. The van der Waals surface area contributed by atoms with Crippen LogP contribution in [0.25, 0.3) is 0 Å². The van der Waals surface area contributed by atoms with Crippen LogP contribution in [0.5, 0.6) is 11.5 Å². The van der Waals surface area contributed by atoms with E-state index in [9.17, 15) is 14.4 Å². The molecule has 0 aliphatic heterocycles. The van der Waals surface area contributed by atoms with E-state index < -0.39 is 11.8 Å². The van der Waals surface area contributed by atoms with E-state index in [1.807, 2.05) is 32.0 Å². The van der Waals surface area contributed by atoms with Crippen molar-refractivity contribution in [2.45, 2.75) is 20.4 Å². The molecule has 3 rings (SSSR count). The smallest absolute Gasteiger partial charge is 0.329 e. The molecule has 37 heavy (non-hydrogen) atoms. The minimum atomic E-state index is -0.942. The maximum Gasteiger partial charge on any atom is 0.329 e. The molecule has 3 N–H and O–H groups in total. The summed E-state index contributed by atoms with van der Waals surface area (Å²) in [6.07, 6.45) is 1.28. The molecule has 0 saturated heterocycles. The van der Waals surface area contributed by atoms with E-state index in [2.05, 4.69) is 21.2 Å². The minimum Gasteiger partial charge on any atom is -0.497 e. The number of benzene rings is 3. The molecule has 0 unspecified atom stereocenters. The number of nitrogens with one attached hydrogen (secondary N) is 3. The molecular formula is C27H27ClN4O5. The van der Waals surface area contributed by atoms with Gasteiger partial charge in [0.05, 0.1) is 13.3 Å². The number of methoxy groups -OCH3 is 1. The highest BCUT2D eigenvalue weighted by atomic mass is 35.5. The summed E-state index contributed by atoms with van der Waals surface area (Å²) in [4.78, 5) is 36.5. The summed E-state index contributed by atoms with van der Waals surface area (Å²) < 4.78 is 10.7. The second kappa shape index (κ2) is 13.1. The summed E-state index contributed by atoms with van der Waals surface area (Å²) in [6.45, 7) is 3.75. The van der Waals surface area contributed by atoms with Crippen LogP contribution in [0.1, 0.15) is 22.3 Å². The van der Waals surface area contributed by atoms with Crippen molar-refractivity contribution in [3.05, 3.63) is 87.9 Å². The molecule has 0 fully saturated rings. The number of hydrazone groups is 1. The first-order valence-electron chi connectivity index (χ1n) is 11.3. The number of nitrogens with zero attached hydrogens (tertiary/aromatic N) is 1. The van der Waals surface area contributed by atoms with E-state index in [1.165, 1.54) is 6.21 Å². The number of hydrogen-bond acceptors (Lipinski definition) is 6. The van der Waals surface area contributed by atoms with Crippen molar-refractivity contribution >= 4 is 41.2 Å². The normalized spacial score (nSPS) is 10.6. The number of carbonyl (C=O) groups excluding carboxylic acids is 3. The zero-order valence-electron chi connectivity index (χ0n) is 20.6. The van der Waals surface area contributed by atoms with Crippen molar-refractivity contribution in [2.24, 2.45) is 5.10 Å². The third-order valence-electron chi connectivity index (χ3n) is 5.19. The number of rotatable bonds is 9. The fourth-order valence-corrected chi connectivity index (χ4v) is 3.35. The van der Waals surface area contributed by atoms with Crippen LogP contribution in [0, 0.1) is 13.8 Å². The maximum absolute atomic E-state index is 12.4. The van der Waals surface area contributed by atoms with Crippen molar-refractivity contribution in [3.63, 3.8) is 0 Å². The largest absolute Gasteiger partial charge is 0.497 e. The highest BCUT2D eigenvalue weighted by Gasteiger charge is 2.13. The summed E-state index contributed by atoms with van der Waals surface area (Å²) in [6, 6.07) is 17.6. The second-order valence-corrected chi connectivity index (χ2v) is 8.50. The van der Waals surface area contributed by atoms with E-state index in [0.29, 0.717) is 27.8 Å². The van der Waals surface area contributed by atoms with Gasteiger partial charge in [0, 0.05) is 22.8 Å². The predicted molar refractivity (Wildman–Crippen MR) is 142 cm³/mol. The van der Waals surface area contributed by atoms with Crippen molar-refractivity contribution in [2.75, 3.05) is 19.0 Å². The molecule has 10 heteroatoms. The summed E-state index contributed by atoms with van der Waals surface area (Å²) in [5.74, 6) is -1.12. The van der Waals surface area contributed by atoms with Crippen LogP contribution in [-0.2, 0) is 20.9 Å². The fourth-order valence-electron chi connectivity index (χ4n) is 3.17. The molecule has 0 bridgehead atoms. The van der Waals surface area contributed by atoms with E-state index in [1.54, 1.807) is 49.6 Å². The summed E-state index contributed by atoms with van der Waals surface area (Å²) in [5, 5.41) is 9.55. The number of carbonyl (C=O) groups is 3.